The van der Waals surface area contributed by atoms with Crippen LogP contribution in [0.4, 0.5) is 0 Å². The minimum absolute atomic E-state index is 0.00416. The minimum Gasteiger partial charge on any atom is -0.378 e. The van der Waals surface area contributed by atoms with Crippen LogP contribution in [0.1, 0.15) is 48.4 Å². The molecule has 4 heterocycles. The second kappa shape index (κ2) is 7.81. The Labute approximate surface area is 166 Å². The maximum absolute atomic E-state index is 13.2. The van der Waals surface area contributed by atoms with Gasteiger partial charge in [-0.05, 0) is 45.2 Å². The van der Waals surface area contributed by atoms with Crippen LogP contribution in [-0.2, 0) is 16.0 Å². The van der Waals surface area contributed by atoms with E-state index in [1.54, 1.807) is 0 Å². The molecule has 0 bridgehead atoms. The number of amides is 1. The van der Waals surface area contributed by atoms with Crippen molar-refractivity contribution in [3.05, 3.63) is 35.3 Å². The van der Waals surface area contributed by atoms with Crippen molar-refractivity contribution in [3.8, 4) is 0 Å². The smallest absolute Gasteiger partial charge is 0.274 e. The first-order valence-electron chi connectivity index (χ1n) is 10.2. The van der Waals surface area contributed by atoms with Crippen molar-refractivity contribution in [2.24, 2.45) is 0 Å². The first-order valence-corrected chi connectivity index (χ1v) is 10.2. The van der Waals surface area contributed by atoms with Gasteiger partial charge in [0.1, 0.15) is 5.65 Å². The van der Waals surface area contributed by atoms with Gasteiger partial charge >= 0.3 is 0 Å². The molecule has 28 heavy (non-hydrogen) atoms. The summed E-state index contributed by atoms with van der Waals surface area (Å²) in [5, 5.41) is 3.65. The van der Waals surface area contributed by atoms with Crippen molar-refractivity contribution in [3.63, 3.8) is 0 Å². The summed E-state index contributed by atoms with van der Waals surface area (Å²) in [6, 6.07) is 4.41. The molecule has 2 fully saturated rings. The number of carbonyl (C=O) groups is 1. The third-order valence-corrected chi connectivity index (χ3v) is 5.70. The van der Waals surface area contributed by atoms with E-state index in [2.05, 4.69) is 23.6 Å². The fourth-order valence-corrected chi connectivity index (χ4v) is 4.16. The summed E-state index contributed by atoms with van der Waals surface area (Å²) >= 11 is 0. The monoisotopic (exact) mass is 386 g/mol. The van der Waals surface area contributed by atoms with Gasteiger partial charge in [-0.15, -0.1) is 0 Å². The van der Waals surface area contributed by atoms with Crippen LogP contribution in [0, 0.1) is 6.92 Å². The number of hydrogen-bond donors (Lipinski definition) is 1. The molecule has 0 radical (unpaired) electrons. The maximum atomic E-state index is 13.2. The average Bonchev–Trinajstić information content (AvgIpc) is 3.06. The summed E-state index contributed by atoms with van der Waals surface area (Å²) in [7, 11) is 0. The molecular weight excluding hydrogens is 356 g/mol. The Balaban J connectivity index is 1.61. The number of nitrogens with one attached hydrogen (secondary N) is 1. The molecule has 2 saturated heterocycles. The van der Waals surface area contributed by atoms with Gasteiger partial charge in [0.15, 0.2) is 5.69 Å². The lowest BCUT2D eigenvalue weighted by Gasteiger charge is -2.36. The summed E-state index contributed by atoms with van der Waals surface area (Å²) in [5.41, 5.74) is 3.29. The SMILES string of the molecule is Cc1cccn2c(CN[C@@H]3CCOC(C)(C)C3)c(C(=O)N3CCOCC3)nc12. The van der Waals surface area contributed by atoms with Gasteiger partial charge in [-0.1, -0.05) is 6.07 Å². The van der Waals surface area contributed by atoms with Crippen LogP contribution in [0.5, 0.6) is 0 Å². The third-order valence-electron chi connectivity index (χ3n) is 5.70. The Hall–Kier alpha value is -1.96. The second-order valence-electron chi connectivity index (χ2n) is 8.38. The van der Waals surface area contributed by atoms with Crippen LogP contribution >= 0.6 is 0 Å². The van der Waals surface area contributed by atoms with E-state index in [9.17, 15) is 4.79 Å². The lowest BCUT2D eigenvalue weighted by Crippen LogP contribution is -2.44. The largest absolute Gasteiger partial charge is 0.378 e. The van der Waals surface area contributed by atoms with Gasteiger partial charge in [-0.2, -0.15) is 0 Å². The van der Waals surface area contributed by atoms with E-state index in [-0.39, 0.29) is 11.5 Å². The summed E-state index contributed by atoms with van der Waals surface area (Å²) in [5.74, 6) is -0.00416. The molecule has 0 saturated carbocycles. The highest BCUT2D eigenvalue weighted by Crippen LogP contribution is 2.25. The number of nitrogens with zero attached hydrogens (tertiary/aromatic N) is 3. The van der Waals surface area contributed by atoms with Crippen molar-refractivity contribution in [1.82, 2.24) is 19.6 Å². The number of hydrogen-bond acceptors (Lipinski definition) is 5. The number of rotatable bonds is 4. The summed E-state index contributed by atoms with van der Waals surface area (Å²) < 4.78 is 13.3. The highest BCUT2D eigenvalue weighted by Gasteiger charge is 2.30. The van der Waals surface area contributed by atoms with Crippen LogP contribution in [0.3, 0.4) is 0 Å². The summed E-state index contributed by atoms with van der Waals surface area (Å²) in [6.45, 7) is 10.1. The topological polar surface area (TPSA) is 68.1 Å². The quantitative estimate of drug-likeness (QED) is 0.872. The van der Waals surface area contributed by atoms with E-state index in [4.69, 9.17) is 14.5 Å². The van der Waals surface area contributed by atoms with Crippen LogP contribution in [0.15, 0.2) is 18.3 Å². The molecule has 7 nitrogen and oxygen atoms in total. The Morgan fingerprint density at radius 3 is 2.86 bits per heavy atom. The molecule has 2 aliphatic rings. The number of carbonyl (C=O) groups excluding carboxylic acids is 1. The number of ether oxygens (including phenoxy) is 2. The van der Waals surface area contributed by atoms with Gasteiger partial charge in [0.05, 0.1) is 24.5 Å². The Bertz CT molecular complexity index is 855. The fraction of sp³-hybridized carbons (Fsp3) is 0.619. The zero-order chi connectivity index (χ0) is 19.7. The van der Waals surface area contributed by atoms with E-state index in [1.165, 1.54) is 0 Å². The van der Waals surface area contributed by atoms with Gasteiger partial charge in [-0.25, -0.2) is 4.98 Å². The number of aryl methyl sites for hydroxylation is 1. The van der Waals surface area contributed by atoms with Crippen LogP contribution in [0.2, 0.25) is 0 Å². The molecule has 1 amide bonds. The Morgan fingerprint density at radius 1 is 1.32 bits per heavy atom. The highest BCUT2D eigenvalue weighted by atomic mass is 16.5. The molecule has 0 aliphatic carbocycles. The van der Waals surface area contributed by atoms with Crippen molar-refractivity contribution in [2.75, 3.05) is 32.9 Å². The zero-order valence-corrected chi connectivity index (χ0v) is 17.0. The molecular formula is C21H30N4O3. The number of aromatic nitrogens is 2. The van der Waals surface area contributed by atoms with Crippen molar-refractivity contribution in [1.29, 1.82) is 0 Å². The van der Waals surface area contributed by atoms with Gasteiger partial charge in [-0.3, -0.25) is 4.79 Å². The number of fused-ring (bicyclic) bond motifs is 1. The van der Waals surface area contributed by atoms with E-state index >= 15 is 0 Å². The van der Waals surface area contributed by atoms with E-state index in [1.807, 2.05) is 30.2 Å². The molecule has 7 heteroatoms. The second-order valence-corrected chi connectivity index (χ2v) is 8.38. The van der Waals surface area contributed by atoms with Crippen LogP contribution < -0.4 is 5.32 Å². The number of pyridine rings is 1. The predicted molar refractivity (Wildman–Crippen MR) is 107 cm³/mol. The summed E-state index contributed by atoms with van der Waals surface area (Å²) in [4.78, 5) is 19.8. The first-order chi connectivity index (χ1) is 13.4. The predicted octanol–water partition coefficient (Wildman–Crippen LogP) is 2.16. The lowest BCUT2D eigenvalue weighted by atomic mass is 9.94. The molecule has 2 aromatic rings. The summed E-state index contributed by atoms with van der Waals surface area (Å²) in [6.07, 6.45) is 3.93. The van der Waals surface area contributed by atoms with Crippen molar-refractivity contribution < 1.29 is 14.3 Å². The lowest BCUT2D eigenvalue weighted by molar-refractivity contribution is -0.0631. The van der Waals surface area contributed by atoms with Gasteiger partial charge in [0.25, 0.3) is 5.91 Å². The standard InChI is InChI=1S/C21H30N4O3/c1-15-5-4-7-25-17(14-22-16-6-10-28-21(2,3)13-16)18(23-19(15)25)20(26)24-8-11-27-12-9-24/h4-5,7,16,22H,6,8-14H2,1-3H3/t16-/m1/s1. The Morgan fingerprint density at radius 2 is 2.11 bits per heavy atom. The van der Waals surface area contributed by atoms with Gasteiger partial charge < -0.3 is 24.1 Å². The van der Waals surface area contributed by atoms with Crippen LogP contribution in [0.25, 0.3) is 5.65 Å². The Kier molecular flexibility index (Phi) is 5.40. The maximum Gasteiger partial charge on any atom is 0.274 e. The zero-order valence-electron chi connectivity index (χ0n) is 17.0. The van der Waals surface area contributed by atoms with Gasteiger partial charge in [0, 0.05) is 38.5 Å². The third kappa shape index (κ3) is 3.92. The van der Waals surface area contributed by atoms with E-state index in [0.29, 0.717) is 44.6 Å². The van der Waals surface area contributed by atoms with E-state index in [0.717, 1.165) is 36.4 Å². The normalized spacial score (nSPS) is 22.5. The molecule has 1 atom stereocenters. The molecule has 1 N–H and O–H groups in total. The number of morpholine rings is 1. The molecule has 0 spiro atoms. The molecule has 2 aromatic heterocycles. The molecule has 0 unspecified atom stereocenters. The van der Waals surface area contributed by atoms with Crippen molar-refractivity contribution in [2.45, 2.75) is 51.8 Å². The highest BCUT2D eigenvalue weighted by molar-refractivity contribution is 5.94. The fourth-order valence-electron chi connectivity index (χ4n) is 4.16. The van der Waals surface area contributed by atoms with Crippen LogP contribution in [-0.4, -0.2) is 64.7 Å². The van der Waals surface area contributed by atoms with Gasteiger partial charge in [0.2, 0.25) is 0 Å². The average molecular weight is 386 g/mol. The molecule has 152 valence electrons. The minimum atomic E-state index is -0.113. The van der Waals surface area contributed by atoms with E-state index < -0.39 is 0 Å². The molecule has 4 rings (SSSR count). The van der Waals surface area contributed by atoms with Crippen molar-refractivity contribution >= 4 is 11.6 Å². The number of imidazole rings is 1. The molecule has 0 aromatic carbocycles. The first kappa shape index (κ1) is 19.4. The molecule has 2 aliphatic heterocycles.